The van der Waals surface area contributed by atoms with E-state index in [1.165, 1.54) is 11.7 Å². The second-order valence-corrected chi connectivity index (χ2v) is 7.22. The number of para-hydroxylation sites is 1. The molecule has 1 amide bonds. The van der Waals surface area contributed by atoms with E-state index in [1.807, 2.05) is 30.5 Å². The SMILES string of the molecule is Cn1nc(CC(=O)OCC(=O)NCCc2c[nH]c3ccccc23)c2ccccc2c1=O. The van der Waals surface area contributed by atoms with Crippen LogP contribution in [-0.2, 0) is 34.2 Å². The highest BCUT2D eigenvalue weighted by Gasteiger charge is 2.14. The Bertz CT molecular complexity index is 1320. The standard InChI is InChI=1S/C23H22N4O4/c1-27-23(30)18-8-3-2-7-17(18)20(26-27)12-22(29)31-14-21(28)24-11-10-15-13-25-19-9-5-4-6-16(15)19/h2-9,13,25H,10-12,14H2,1H3,(H,24,28). The second kappa shape index (κ2) is 8.83. The molecule has 0 spiro atoms. The van der Waals surface area contributed by atoms with Crippen LogP contribution >= 0.6 is 0 Å². The van der Waals surface area contributed by atoms with E-state index in [2.05, 4.69) is 15.4 Å². The molecule has 4 aromatic rings. The molecule has 2 aromatic carbocycles. The molecule has 31 heavy (non-hydrogen) atoms. The first-order chi connectivity index (χ1) is 15.0. The number of carbonyl (C=O) groups is 2. The van der Waals surface area contributed by atoms with Crippen LogP contribution in [0.15, 0.2) is 59.5 Å². The van der Waals surface area contributed by atoms with Gasteiger partial charge in [-0.15, -0.1) is 0 Å². The summed E-state index contributed by atoms with van der Waals surface area (Å²) in [5.41, 5.74) is 2.36. The van der Waals surface area contributed by atoms with Crippen LogP contribution in [0.4, 0.5) is 0 Å². The van der Waals surface area contributed by atoms with E-state index in [1.54, 1.807) is 24.3 Å². The molecule has 158 valence electrons. The van der Waals surface area contributed by atoms with Gasteiger partial charge in [0.1, 0.15) is 0 Å². The van der Waals surface area contributed by atoms with Gasteiger partial charge in [-0.2, -0.15) is 5.10 Å². The van der Waals surface area contributed by atoms with E-state index in [4.69, 9.17) is 4.74 Å². The van der Waals surface area contributed by atoms with Crippen LogP contribution in [0, 0.1) is 0 Å². The third-order valence-corrected chi connectivity index (χ3v) is 5.10. The van der Waals surface area contributed by atoms with Crippen molar-refractivity contribution < 1.29 is 14.3 Å². The molecule has 0 aliphatic carbocycles. The van der Waals surface area contributed by atoms with Gasteiger partial charge in [-0.25, -0.2) is 4.68 Å². The second-order valence-electron chi connectivity index (χ2n) is 7.22. The number of fused-ring (bicyclic) bond motifs is 2. The van der Waals surface area contributed by atoms with Crippen LogP contribution in [0.3, 0.4) is 0 Å². The van der Waals surface area contributed by atoms with Crippen LogP contribution in [0.1, 0.15) is 11.3 Å². The number of nitrogens with zero attached hydrogens (tertiary/aromatic N) is 2. The molecule has 0 aliphatic heterocycles. The minimum absolute atomic E-state index is 0.128. The lowest BCUT2D eigenvalue weighted by Crippen LogP contribution is -2.31. The highest BCUT2D eigenvalue weighted by atomic mass is 16.5. The van der Waals surface area contributed by atoms with Crippen molar-refractivity contribution in [1.82, 2.24) is 20.1 Å². The van der Waals surface area contributed by atoms with E-state index in [9.17, 15) is 14.4 Å². The van der Waals surface area contributed by atoms with Crippen LogP contribution in [0.25, 0.3) is 21.7 Å². The minimum Gasteiger partial charge on any atom is -0.455 e. The first kappa shape index (κ1) is 20.3. The van der Waals surface area contributed by atoms with Crippen molar-refractivity contribution in [3.63, 3.8) is 0 Å². The summed E-state index contributed by atoms with van der Waals surface area (Å²) in [5, 5.41) is 9.14. The molecule has 0 aliphatic rings. The molecule has 2 aromatic heterocycles. The molecule has 0 fully saturated rings. The van der Waals surface area contributed by atoms with E-state index < -0.39 is 5.97 Å². The normalized spacial score (nSPS) is 11.0. The van der Waals surface area contributed by atoms with E-state index in [0.29, 0.717) is 29.4 Å². The fraction of sp³-hybridized carbons (Fsp3) is 0.217. The number of esters is 1. The summed E-state index contributed by atoms with van der Waals surface area (Å²) in [4.78, 5) is 39.6. The number of carbonyl (C=O) groups excluding carboxylic acids is 2. The van der Waals surface area contributed by atoms with Gasteiger partial charge in [0.15, 0.2) is 6.61 Å². The number of amides is 1. The van der Waals surface area contributed by atoms with Gasteiger partial charge in [-0.05, 0) is 24.1 Å². The number of hydrogen-bond acceptors (Lipinski definition) is 5. The molecule has 8 heteroatoms. The predicted molar refractivity (Wildman–Crippen MR) is 117 cm³/mol. The monoisotopic (exact) mass is 418 g/mol. The van der Waals surface area contributed by atoms with Crippen molar-refractivity contribution >= 4 is 33.6 Å². The lowest BCUT2D eigenvalue weighted by Gasteiger charge is -2.09. The Morgan fingerprint density at radius 2 is 1.77 bits per heavy atom. The van der Waals surface area contributed by atoms with E-state index >= 15 is 0 Å². The Kier molecular flexibility index (Phi) is 5.79. The molecule has 0 atom stereocenters. The largest absolute Gasteiger partial charge is 0.455 e. The van der Waals surface area contributed by atoms with Gasteiger partial charge in [0.05, 0.1) is 17.5 Å². The molecule has 0 radical (unpaired) electrons. The van der Waals surface area contributed by atoms with Gasteiger partial charge in [0.25, 0.3) is 11.5 Å². The average molecular weight is 418 g/mol. The fourth-order valence-corrected chi connectivity index (χ4v) is 3.57. The molecule has 8 nitrogen and oxygen atoms in total. The highest BCUT2D eigenvalue weighted by Crippen LogP contribution is 2.17. The van der Waals surface area contributed by atoms with Gasteiger partial charge in [0.2, 0.25) is 0 Å². The maximum absolute atomic E-state index is 12.2. The Morgan fingerprint density at radius 1 is 1.06 bits per heavy atom. The number of aromatic nitrogens is 3. The van der Waals surface area contributed by atoms with Gasteiger partial charge < -0.3 is 15.0 Å². The van der Waals surface area contributed by atoms with E-state index in [-0.39, 0.29) is 24.5 Å². The predicted octanol–water partition coefficient (Wildman–Crippen LogP) is 1.86. The Hall–Kier alpha value is -3.94. The van der Waals surface area contributed by atoms with Crippen molar-refractivity contribution in [2.24, 2.45) is 7.05 Å². The van der Waals surface area contributed by atoms with Crippen molar-refractivity contribution in [1.29, 1.82) is 0 Å². The van der Waals surface area contributed by atoms with Crippen molar-refractivity contribution in [3.8, 4) is 0 Å². The summed E-state index contributed by atoms with van der Waals surface area (Å²) in [6.07, 6.45) is 2.47. The zero-order valence-electron chi connectivity index (χ0n) is 17.1. The third-order valence-electron chi connectivity index (χ3n) is 5.10. The topological polar surface area (TPSA) is 106 Å². The van der Waals surface area contributed by atoms with Crippen LogP contribution in [0.5, 0.6) is 0 Å². The molecule has 0 saturated heterocycles. The summed E-state index contributed by atoms with van der Waals surface area (Å²) >= 11 is 0. The molecule has 0 bridgehead atoms. The van der Waals surface area contributed by atoms with Crippen molar-refractivity contribution in [2.75, 3.05) is 13.2 Å². The maximum atomic E-state index is 12.2. The maximum Gasteiger partial charge on any atom is 0.312 e. The minimum atomic E-state index is -0.580. The van der Waals surface area contributed by atoms with Crippen LogP contribution in [0.2, 0.25) is 0 Å². The first-order valence-corrected chi connectivity index (χ1v) is 9.95. The van der Waals surface area contributed by atoms with Crippen LogP contribution in [-0.4, -0.2) is 39.8 Å². The number of ether oxygens (including phenoxy) is 1. The Labute approximate surface area is 177 Å². The molecular weight excluding hydrogens is 396 g/mol. The quantitative estimate of drug-likeness (QED) is 0.446. The molecule has 4 rings (SSSR count). The number of aromatic amines is 1. The number of aryl methyl sites for hydroxylation is 1. The first-order valence-electron chi connectivity index (χ1n) is 9.95. The third kappa shape index (κ3) is 4.48. The fourth-order valence-electron chi connectivity index (χ4n) is 3.57. The summed E-state index contributed by atoms with van der Waals surface area (Å²) in [6.45, 7) is 0.0711. The molecular formula is C23H22N4O4. The van der Waals surface area contributed by atoms with Crippen molar-refractivity contribution in [2.45, 2.75) is 12.8 Å². The number of H-pyrrole nitrogens is 1. The molecule has 0 unspecified atom stereocenters. The van der Waals surface area contributed by atoms with E-state index in [0.717, 1.165) is 16.5 Å². The number of benzene rings is 2. The number of hydrogen-bond donors (Lipinski definition) is 2. The summed E-state index contributed by atoms with van der Waals surface area (Å²) < 4.78 is 6.30. The number of rotatable bonds is 7. The van der Waals surface area contributed by atoms with Crippen molar-refractivity contribution in [3.05, 3.63) is 76.3 Å². The van der Waals surface area contributed by atoms with Gasteiger partial charge >= 0.3 is 5.97 Å². The zero-order valence-corrected chi connectivity index (χ0v) is 17.1. The zero-order chi connectivity index (χ0) is 21.8. The van der Waals surface area contributed by atoms with Gasteiger partial charge in [-0.3, -0.25) is 14.4 Å². The number of nitrogens with one attached hydrogen (secondary N) is 2. The van der Waals surface area contributed by atoms with Gasteiger partial charge in [0, 0.05) is 36.1 Å². The average Bonchev–Trinajstić information content (AvgIpc) is 3.19. The molecule has 2 N–H and O–H groups in total. The Balaban J connectivity index is 1.29. The van der Waals surface area contributed by atoms with Crippen LogP contribution < -0.4 is 10.9 Å². The Morgan fingerprint density at radius 3 is 2.58 bits per heavy atom. The molecule has 0 saturated carbocycles. The summed E-state index contributed by atoms with van der Waals surface area (Å²) in [6, 6.07) is 14.9. The smallest absolute Gasteiger partial charge is 0.312 e. The van der Waals surface area contributed by atoms with Gasteiger partial charge in [-0.1, -0.05) is 36.4 Å². The highest BCUT2D eigenvalue weighted by molar-refractivity contribution is 5.88. The summed E-state index contributed by atoms with van der Waals surface area (Å²) in [7, 11) is 1.53. The summed E-state index contributed by atoms with van der Waals surface area (Å²) in [5.74, 6) is -0.949. The lowest BCUT2D eigenvalue weighted by molar-refractivity contribution is -0.147. The lowest BCUT2D eigenvalue weighted by atomic mass is 10.1. The molecule has 2 heterocycles.